The van der Waals surface area contributed by atoms with Gasteiger partial charge in [-0.3, -0.25) is 14.9 Å². The van der Waals surface area contributed by atoms with Crippen molar-refractivity contribution < 1.29 is 9.90 Å². The third-order valence-corrected chi connectivity index (χ3v) is 2.31. The predicted octanol–water partition coefficient (Wildman–Crippen LogP) is 1.41. The van der Waals surface area contributed by atoms with Gasteiger partial charge in [-0.2, -0.15) is 5.10 Å². The summed E-state index contributed by atoms with van der Waals surface area (Å²) < 4.78 is 0. The van der Waals surface area contributed by atoms with E-state index in [0.717, 1.165) is 16.8 Å². The van der Waals surface area contributed by atoms with Crippen molar-refractivity contribution in [3.05, 3.63) is 35.9 Å². The number of rotatable bonds is 3. The van der Waals surface area contributed by atoms with E-state index in [1.54, 1.807) is 12.4 Å². The fourth-order valence-electron chi connectivity index (χ4n) is 1.65. The summed E-state index contributed by atoms with van der Waals surface area (Å²) in [6.45, 7) is 1.87. The van der Waals surface area contributed by atoms with Crippen LogP contribution in [0.15, 0.2) is 24.5 Å². The Morgan fingerprint density at radius 1 is 1.44 bits per heavy atom. The number of aromatic amines is 1. The lowest BCUT2D eigenvalue weighted by Gasteiger charge is -2.01. The minimum atomic E-state index is -0.887. The molecule has 0 saturated carbocycles. The molecule has 0 spiro atoms. The van der Waals surface area contributed by atoms with Crippen molar-refractivity contribution >= 4 is 5.97 Å². The minimum absolute atomic E-state index is 0.0814. The van der Waals surface area contributed by atoms with E-state index in [0.29, 0.717) is 5.69 Å². The van der Waals surface area contributed by atoms with Gasteiger partial charge in [0.05, 0.1) is 12.1 Å². The second-order valence-electron chi connectivity index (χ2n) is 3.48. The second kappa shape index (κ2) is 4.14. The molecule has 0 atom stereocenters. The molecule has 0 aliphatic heterocycles. The van der Waals surface area contributed by atoms with E-state index >= 15 is 0 Å². The van der Waals surface area contributed by atoms with Gasteiger partial charge in [0.2, 0.25) is 0 Å². The zero-order valence-corrected chi connectivity index (χ0v) is 8.77. The summed E-state index contributed by atoms with van der Waals surface area (Å²) in [7, 11) is 0. The molecule has 0 bridgehead atoms. The molecule has 0 aliphatic rings. The lowest BCUT2D eigenvalue weighted by molar-refractivity contribution is -0.136. The second-order valence-corrected chi connectivity index (χ2v) is 3.48. The topological polar surface area (TPSA) is 78.9 Å². The minimum Gasteiger partial charge on any atom is -0.481 e. The third-order valence-electron chi connectivity index (χ3n) is 2.31. The van der Waals surface area contributed by atoms with E-state index in [1.165, 1.54) is 0 Å². The SMILES string of the molecule is Cc1[nH]nc(CC(=O)O)c1-c1ccncc1. The number of hydrogen-bond donors (Lipinski definition) is 2. The van der Waals surface area contributed by atoms with Crippen LogP contribution >= 0.6 is 0 Å². The Balaban J connectivity index is 2.47. The van der Waals surface area contributed by atoms with E-state index in [4.69, 9.17) is 5.11 Å². The molecule has 2 aromatic heterocycles. The molecular weight excluding hydrogens is 206 g/mol. The van der Waals surface area contributed by atoms with E-state index < -0.39 is 5.97 Å². The van der Waals surface area contributed by atoms with E-state index in [-0.39, 0.29) is 6.42 Å². The van der Waals surface area contributed by atoms with Crippen LogP contribution in [0.4, 0.5) is 0 Å². The van der Waals surface area contributed by atoms with Gasteiger partial charge in [0.25, 0.3) is 0 Å². The lowest BCUT2D eigenvalue weighted by Crippen LogP contribution is -2.01. The van der Waals surface area contributed by atoms with Crippen LogP contribution in [0, 0.1) is 6.92 Å². The molecular formula is C11H11N3O2. The summed E-state index contributed by atoms with van der Waals surface area (Å²) in [5.74, 6) is -0.887. The Kier molecular flexibility index (Phi) is 2.68. The number of H-pyrrole nitrogens is 1. The highest BCUT2D eigenvalue weighted by Gasteiger charge is 2.14. The molecule has 0 amide bonds. The third kappa shape index (κ3) is 1.93. The first-order chi connectivity index (χ1) is 7.68. The van der Waals surface area contributed by atoms with Crippen LogP contribution in [0.25, 0.3) is 11.1 Å². The first-order valence-electron chi connectivity index (χ1n) is 4.84. The first kappa shape index (κ1) is 10.4. The highest BCUT2D eigenvalue weighted by atomic mass is 16.4. The lowest BCUT2D eigenvalue weighted by atomic mass is 10.0. The van der Waals surface area contributed by atoms with Gasteiger partial charge in [-0.25, -0.2) is 0 Å². The van der Waals surface area contributed by atoms with Gasteiger partial charge in [0.15, 0.2) is 0 Å². The number of carboxylic acids is 1. The van der Waals surface area contributed by atoms with Crippen LogP contribution in [0.2, 0.25) is 0 Å². The van der Waals surface area contributed by atoms with Crippen molar-refractivity contribution in [2.24, 2.45) is 0 Å². The molecule has 2 aromatic rings. The van der Waals surface area contributed by atoms with Crippen molar-refractivity contribution in [2.75, 3.05) is 0 Å². The molecule has 82 valence electrons. The Morgan fingerprint density at radius 2 is 2.12 bits per heavy atom. The van der Waals surface area contributed by atoms with Crippen molar-refractivity contribution in [1.82, 2.24) is 15.2 Å². The molecule has 2 rings (SSSR count). The first-order valence-corrected chi connectivity index (χ1v) is 4.84. The molecule has 0 saturated heterocycles. The number of carbonyl (C=O) groups is 1. The maximum Gasteiger partial charge on any atom is 0.309 e. The van der Waals surface area contributed by atoms with Gasteiger partial charge in [0, 0.05) is 23.7 Å². The number of carboxylic acid groups (broad SMARTS) is 1. The molecule has 2 heterocycles. The summed E-state index contributed by atoms with van der Waals surface area (Å²) >= 11 is 0. The largest absolute Gasteiger partial charge is 0.481 e. The smallest absolute Gasteiger partial charge is 0.309 e. The standard InChI is InChI=1S/C11H11N3O2/c1-7-11(8-2-4-12-5-3-8)9(14-13-7)6-10(15)16/h2-5H,6H2,1H3,(H,13,14)(H,15,16). The average Bonchev–Trinajstić information content (AvgIpc) is 2.60. The highest BCUT2D eigenvalue weighted by molar-refractivity contribution is 5.76. The zero-order valence-electron chi connectivity index (χ0n) is 8.77. The Labute approximate surface area is 92.2 Å². The van der Waals surface area contributed by atoms with Crippen LogP contribution in [0.1, 0.15) is 11.4 Å². The summed E-state index contributed by atoms with van der Waals surface area (Å²) in [4.78, 5) is 14.6. The Hall–Kier alpha value is -2.17. The maximum absolute atomic E-state index is 10.7. The summed E-state index contributed by atoms with van der Waals surface area (Å²) in [6, 6.07) is 3.67. The predicted molar refractivity (Wildman–Crippen MR) is 57.9 cm³/mol. The molecule has 0 radical (unpaired) electrons. The molecule has 0 aliphatic carbocycles. The molecule has 0 unspecified atom stereocenters. The van der Waals surface area contributed by atoms with Crippen molar-refractivity contribution in [3.8, 4) is 11.1 Å². The number of hydrogen-bond acceptors (Lipinski definition) is 3. The number of nitrogens with zero attached hydrogens (tertiary/aromatic N) is 2. The van der Waals surface area contributed by atoms with Crippen LogP contribution < -0.4 is 0 Å². The summed E-state index contributed by atoms with van der Waals surface area (Å²) in [5, 5.41) is 15.6. The van der Waals surface area contributed by atoms with Gasteiger partial charge in [-0.15, -0.1) is 0 Å². The van der Waals surface area contributed by atoms with Gasteiger partial charge in [-0.05, 0) is 24.6 Å². The van der Waals surface area contributed by atoms with Gasteiger partial charge in [0.1, 0.15) is 0 Å². The fraction of sp³-hybridized carbons (Fsp3) is 0.182. The molecule has 5 heteroatoms. The quantitative estimate of drug-likeness (QED) is 0.814. The van der Waals surface area contributed by atoms with E-state index in [9.17, 15) is 4.79 Å². The van der Waals surface area contributed by atoms with Gasteiger partial charge in [-0.1, -0.05) is 0 Å². The summed E-state index contributed by atoms with van der Waals surface area (Å²) in [5.41, 5.74) is 3.20. The van der Waals surface area contributed by atoms with Gasteiger partial charge < -0.3 is 5.11 Å². The van der Waals surface area contributed by atoms with E-state index in [1.807, 2.05) is 19.1 Å². The monoisotopic (exact) mass is 217 g/mol. The summed E-state index contributed by atoms with van der Waals surface area (Å²) in [6.07, 6.45) is 3.26. The van der Waals surface area contributed by atoms with Crippen LogP contribution in [0.5, 0.6) is 0 Å². The Morgan fingerprint density at radius 3 is 2.75 bits per heavy atom. The number of aliphatic carboxylic acids is 1. The normalized spacial score (nSPS) is 10.3. The van der Waals surface area contributed by atoms with Crippen LogP contribution in [0.3, 0.4) is 0 Å². The van der Waals surface area contributed by atoms with Crippen molar-refractivity contribution in [3.63, 3.8) is 0 Å². The average molecular weight is 217 g/mol. The van der Waals surface area contributed by atoms with Crippen molar-refractivity contribution in [1.29, 1.82) is 0 Å². The number of aromatic nitrogens is 3. The molecule has 5 nitrogen and oxygen atoms in total. The Bertz CT molecular complexity index is 505. The molecule has 16 heavy (non-hydrogen) atoms. The zero-order chi connectivity index (χ0) is 11.5. The highest BCUT2D eigenvalue weighted by Crippen LogP contribution is 2.25. The fourth-order valence-corrected chi connectivity index (χ4v) is 1.65. The van der Waals surface area contributed by atoms with Crippen LogP contribution in [-0.2, 0) is 11.2 Å². The van der Waals surface area contributed by atoms with Gasteiger partial charge >= 0.3 is 5.97 Å². The van der Waals surface area contributed by atoms with E-state index in [2.05, 4.69) is 15.2 Å². The molecule has 0 fully saturated rings. The molecule has 0 aromatic carbocycles. The number of pyridine rings is 1. The van der Waals surface area contributed by atoms with Crippen molar-refractivity contribution in [2.45, 2.75) is 13.3 Å². The number of aryl methyl sites for hydroxylation is 1. The maximum atomic E-state index is 10.7. The molecule has 2 N–H and O–H groups in total. The number of nitrogens with one attached hydrogen (secondary N) is 1. The van der Waals surface area contributed by atoms with Crippen LogP contribution in [-0.4, -0.2) is 26.3 Å².